The first kappa shape index (κ1) is 11.0. The van der Waals surface area contributed by atoms with E-state index in [1.165, 1.54) is 6.07 Å². The van der Waals surface area contributed by atoms with E-state index in [2.05, 4.69) is 9.97 Å². The van der Waals surface area contributed by atoms with Crippen molar-refractivity contribution in [1.82, 2.24) is 9.97 Å². The third kappa shape index (κ3) is 2.05. The van der Waals surface area contributed by atoms with Gasteiger partial charge >= 0.3 is 5.69 Å². The molecule has 0 saturated heterocycles. The summed E-state index contributed by atoms with van der Waals surface area (Å²) in [5, 5.41) is 10.6. The molecule has 2 aromatic rings. The number of aromatic nitrogens is 2. The lowest BCUT2D eigenvalue weighted by Gasteiger charge is -2.05. The highest BCUT2D eigenvalue weighted by molar-refractivity contribution is 5.67. The minimum absolute atomic E-state index is 0.0799. The van der Waals surface area contributed by atoms with Gasteiger partial charge in [0.1, 0.15) is 0 Å². The molecule has 0 aromatic carbocycles. The van der Waals surface area contributed by atoms with Crippen LogP contribution in [0.1, 0.15) is 5.56 Å². The molecule has 6 nitrogen and oxygen atoms in total. The van der Waals surface area contributed by atoms with Gasteiger partial charge in [-0.05, 0) is 24.6 Å². The maximum Gasteiger partial charge on any atom is 0.311 e. The summed E-state index contributed by atoms with van der Waals surface area (Å²) in [5.41, 5.74) is 7.77. The van der Waals surface area contributed by atoms with E-state index in [0.717, 1.165) is 11.1 Å². The molecule has 17 heavy (non-hydrogen) atoms. The third-order valence-corrected chi connectivity index (χ3v) is 2.40. The van der Waals surface area contributed by atoms with E-state index in [4.69, 9.17) is 5.73 Å². The second-order valence-corrected chi connectivity index (χ2v) is 3.55. The molecule has 2 rings (SSSR count). The van der Waals surface area contributed by atoms with Crippen LogP contribution in [0.25, 0.3) is 11.3 Å². The fourth-order valence-corrected chi connectivity index (χ4v) is 1.53. The Morgan fingerprint density at radius 2 is 2.12 bits per heavy atom. The standard InChI is InChI=1S/C11H10N4O2/c1-7-6-13-5-4-8(7)9-2-3-10(15(16)17)11(12)14-9/h2-6H,1H3,(H2,12,14). The molecule has 6 heteroatoms. The Labute approximate surface area is 97.3 Å². The van der Waals surface area contributed by atoms with Gasteiger partial charge in [0.15, 0.2) is 0 Å². The van der Waals surface area contributed by atoms with Gasteiger partial charge in [-0.1, -0.05) is 0 Å². The van der Waals surface area contributed by atoms with E-state index in [0.29, 0.717) is 5.69 Å². The number of anilines is 1. The smallest absolute Gasteiger partial charge is 0.311 e. The first-order chi connectivity index (χ1) is 8.09. The van der Waals surface area contributed by atoms with Crippen LogP contribution in [0.15, 0.2) is 30.6 Å². The second kappa shape index (κ2) is 4.17. The van der Waals surface area contributed by atoms with E-state index in [-0.39, 0.29) is 11.5 Å². The summed E-state index contributed by atoms with van der Waals surface area (Å²) in [6.45, 7) is 1.89. The van der Waals surface area contributed by atoms with Gasteiger partial charge in [-0.3, -0.25) is 15.1 Å². The maximum absolute atomic E-state index is 10.6. The molecule has 0 atom stereocenters. The molecule has 2 heterocycles. The van der Waals surface area contributed by atoms with Crippen molar-refractivity contribution < 1.29 is 4.92 Å². The van der Waals surface area contributed by atoms with Crippen molar-refractivity contribution in [2.75, 3.05) is 5.73 Å². The summed E-state index contributed by atoms with van der Waals surface area (Å²) in [4.78, 5) is 18.1. The van der Waals surface area contributed by atoms with Crippen LogP contribution in [0, 0.1) is 17.0 Å². The topological polar surface area (TPSA) is 94.9 Å². The fourth-order valence-electron chi connectivity index (χ4n) is 1.53. The molecule has 0 aliphatic carbocycles. The molecular formula is C11H10N4O2. The summed E-state index contributed by atoms with van der Waals surface area (Å²) >= 11 is 0. The van der Waals surface area contributed by atoms with Crippen molar-refractivity contribution in [3.8, 4) is 11.3 Å². The van der Waals surface area contributed by atoms with E-state index in [1.807, 2.05) is 6.92 Å². The monoisotopic (exact) mass is 230 g/mol. The Kier molecular flexibility index (Phi) is 2.70. The van der Waals surface area contributed by atoms with Crippen molar-refractivity contribution >= 4 is 11.5 Å². The van der Waals surface area contributed by atoms with Gasteiger partial charge in [0, 0.05) is 24.0 Å². The van der Waals surface area contributed by atoms with Crippen molar-refractivity contribution in [2.45, 2.75) is 6.92 Å². The van der Waals surface area contributed by atoms with Crippen LogP contribution >= 0.6 is 0 Å². The predicted molar refractivity (Wildman–Crippen MR) is 63.3 cm³/mol. The van der Waals surface area contributed by atoms with E-state index >= 15 is 0 Å². The van der Waals surface area contributed by atoms with Crippen molar-refractivity contribution in [1.29, 1.82) is 0 Å². The summed E-state index contributed by atoms with van der Waals surface area (Å²) in [7, 11) is 0. The summed E-state index contributed by atoms with van der Waals surface area (Å²) < 4.78 is 0. The first-order valence-electron chi connectivity index (χ1n) is 4.91. The summed E-state index contributed by atoms with van der Waals surface area (Å²) in [5.74, 6) is -0.0799. The average molecular weight is 230 g/mol. The van der Waals surface area contributed by atoms with Crippen LogP contribution in [0.4, 0.5) is 11.5 Å². The number of rotatable bonds is 2. The largest absolute Gasteiger partial charge is 0.378 e. The lowest BCUT2D eigenvalue weighted by molar-refractivity contribution is -0.384. The van der Waals surface area contributed by atoms with Crippen molar-refractivity contribution in [2.24, 2.45) is 0 Å². The molecule has 0 unspecified atom stereocenters. The van der Waals surface area contributed by atoms with Gasteiger partial charge in [-0.15, -0.1) is 0 Å². The van der Waals surface area contributed by atoms with Crippen LogP contribution in [-0.2, 0) is 0 Å². The van der Waals surface area contributed by atoms with Crippen molar-refractivity contribution in [3.63, 3.8) is 0 Å². The highest BCUT2D eigenvalue weighted by atomic mass is 16.6. The molecule has 0 aliphatic rings. The quantitative estimate of drug-likeness (QED) is 0.628. The van der Waals surface area contributed by atoms with E-state index < -0.39 is 4.92 Å². The fraction of sp³-hybridized carbons (Fsp3) is 0.0909. The number of nitrogens with zero attached hydrogens (tertiary/aromatic N) is 3. The molecule has 2 aromatic heterocycles. The predicted octanol–water partition coefficient (Wildman–Crippen LogP) is 1.94. The number of nitrogen functional groups attached to an aromatic ring is 1. The highest BCUT2D eigenvalue weighted by Gasteiger charge is 2.14. The van der Waals surface area contributed by atoms with Gasteiger partial charge in [0.05, 0.1) is 10.6 Å². The SMILES string of the molecule is Cc1cnccc1-c1ccc([N+](=O)[O-])c(N)n1. The molecule has 0 fully saturated rings. The Hall–Kier alpha value is -2.50. The minimum atomic E-state index is -0.550. The zero-order valence-corrected chi connectivity index (χ0v) is 9.12. The van der Waals surface area contributed by atoms with Gasteiger partial charge in [-0.2, -0.15) is 0 Å². The molecule has 0 saturated carbocycles. The Bertz CT molecular complexity index is 583. The Morgan fingerprint density at radius 3 is 2.71 bits per heavy atom. The molecule has 86 valence electrons. The molecule has 2 N–H and O–H groups in total. The van der Waals surface area contributed by atoms with E-state index in [9.17, 15) is 10.1 Å². The molecule has 0 bridgehead atoms. The molecule has 0 aliphatic heterocycles. The zero-order chi connectivity index (χ0) is 12.4. The number of nitrogens with two attached hydrogens (primary N) is 1. The average Bonchev–Trinajstić information content (AvgIpc) is 2.29. The summed E-state index contributed by atoms with van der Waals surface area (Å²) in [6.07, 6.45) is 3.34. The van der Waals surface area contributed by atoms with Crippen LogP contribution in [0.3, 0.4) is 0 Å². The van der Waals surface area contributed by atoms with Gasteiger partial charge in [0.2, 0.25) is 5.82 Å². The van der Waals surface area contributed by atoms with E-state index in [1.54, 1.807) is 24.5 Å². The lowest BCUT2D eigenvalue weighted by Crippen LogP contribution is -1.99. The number of pyridine rings is 2. The normalized spacial score (nSPS) is 10.2. The zero-order valence-electron chi connectivity index (χ0n) is 9.12. The number of hydrogen-bond acceptors (Lipinski definition) is 5. The summed E-state index contributed by atoms with van der Waals surface area (Å²) in [6, 6.07) is 4.73. The van der Waals surface area contributed by atoms with Gasteiger partial charge in [0.25, 0.3) is 0 Å². The van der Waals surface area contributed by atoms with Crippen molar-refractivity contribution in [3.05, 3.63) is 46.3 Å². The van der Waals surface area contributed by atoms with Gasteiger partial charge in [-0.25, -0.2) is 4.98 Å². The molecular weight excluding hydrogens is 220 g/mol. The van der Waals surface area contributed by atoms with Crippen LogP contribution in [-0.4, -0.2) is 14.9 Å². The van der Waals surface area contributed by atoms with Crippen LogP contribution < -0.4 is 5.73 Å². The maximum atomic E-state index is 10.6. The second-order valence-electron chi connectivity index (χ2n) is 3.55. The Balaban J connectivity index is 2.52. The molecule has 0 amide bonds. The van der Waals surface area contributed by atoms with Crippen LogP contribution in [0.2, 0.25) is 0 Å². The minimum Gasteiger partial charge on any atom is -0.378 e. The lowest BCUT2D eigenvalue weighted by atomic mass is 10.1. The molecule has 0 spiro atoms. The number of hydrogen-bond donors (Lipinski definition) is 1. The Morgan fingerprint density at radius 1 is 1.35 bits per heavy atom. The first-order valence-corrected chi connectivity index (χ1v) is 4.91. The highest BCUT2D eigenvalue weighted by Crippen LogP contribution is 2.26. The van der Waals surface area contributed by atoms with Gasteiger partial charge < -0.3 is 5.73 Å². The molecule has 0 radical (unpaired) electrons. The number of nitro groups is 1. The number of aryl methyl sites for hydroxylation is 1. The van der Waals surface area contributed by atoms with Crippen LogP contribution in [0.5, 0.6) is 0 Å². The third-order valence-electron chi connectivity index (χ3n) is 2.40.